The molecule has 2 N–H and O–H groups in total. The van der Waals surface area contributed by atoms with Gasteiger partial charge in [-0.3, -0.25) is 0 Å². The highest BCUT2D eigenvalue weighted by molar-refractivity contribution is 4.29. The molecule has 0 aromatic rings. The van der Waals surface area contributed by atoms with Crippen LogP contribution in [0.1, 0.15) is 0 Å². The van der Waals surface area contributed by atoms with E-state index in [0.29, 0.717) is 6.54 Å². The first-order valence-electron chi connectivity index (χ1n) is 2.21. The highest BCUT2D eigenvalue weighted by Crippen LogP contribution is 1.67. The summed E-state index contributed by atoms with van der Waals surface area (Å²) in [5.41, 5.74) is 0. The van der Waals surface area contributed by atoms with Crippen LogP contribution in [0.15, 0.2) is 0 Å². The molecule has 0 fully saturated rings. The van der Waals surface area contributed by atoms with Gasteiger partial charge in [0.25, 0.3) is 0 Å². The number of nitrogens with one attached hydrogen (secondary N) is 1. The summed E-state index contributed by atoms with van der Waals surface area (Å²) >= 11 is 0. The molecule has 0 heterocycles. The van der Waals surface area contributed by atoms with Crippen LogP contribution in [0.3, 0.4) is 0 Å². The van der Waals surface area contributed by atoms with Crippen molar-refractivity contribution in [1.29, 1.82) is 0 Å². The number of nitrogens with zero attached hydrogens (tertiary/aromatic N) is 1. The normalized spacial score (nSPS) is 8.62. The van der Waals surface area contributed by atoms with Gasteiger partial charge in [0.05, 0.1) is 0 Å². The zero-order chi connectivity index (χ0) is 6.41. The lowest BCUT2D eigenvalue weighted by molar-refractivity contribution is -0.975. The predicted molar refractivity (Wildman–Crippen MR) is 25.3 cm³/mol. The maximum absolute atomic E-state index is 9.54. The van der Waals surface area contributed by atoms with Gasteiger partial charge >= 0.3 is 5.09 Å². The molecule has 0 amide bonds. The molecule has 0 unspecified atom stereocenters. The lowest BCUT2D eigenvalue weighted by atomic mass is 10.7. The summed E-state index contributed by atoms with van der Waals surface area (Å²) in [5.74, 6) is 0. The van der Waals surface area contributed by atoms with Crippen LogP contribution in [0.4, 0.5) is 0 Å². The number of rotatable bonds is 4. The Kier molecular flexibility index (Phi) is 3.87. The molecule has 0 rings (SSSR count). The third-order valence-corrected chi connectivity index (χ3v) is 0.554. The second-order valence-electron chi connectivity index (χ2n) is 1.17. The van der Waals surface area contributed by atoms with E-state index in [1.54, 1.807) is 7.05 Å². The molecule has 0 bridgehead atoms. The average Bonchev–Trinajstić information content (AvgIpc) is 1.66. The van der Waals surface area contributed by atoms with Gasteiger partial charge in [-0.1, -0.05) is 0 Å². The van der Waals surface area contributed by atoms with Crippen LogP contribution in [-0.2, 0) is 4.84 Å². The molecule has 0 aromatic carbocycles. The molecule has 0 aliphatic carbocycles. The van der Waals surface area contributed by atoms with Gasteiger partial charge in [0.15, 0.2) is 6.61 Å². The first-order chi connectivity index (χ1) is 3.77. The highest BCUT2D eigenvalue weighted by Gasteiger charge is 1.99. The Morgan fingerprint density at radius 1 is 1.88 bits per heavy atom. The van der Waals surface area contributed by atoms with E-state index in [1.165, 1.54) is 0 Å². The summed E-state index contributed by atoms with van der Waals surface area (Å²) in [6.45, 7) is 0.718. The number of hydrogen-bond acceptors (Lipinski definition) is 3. The van der Waals surface area contributed by atoms with Gasteiger partial charge in [0.1, 0.15) is 4.91 Å². The van der Waals surface area contributed by atoms with E-state index >= 15 is 0 Å². The predicted octanol–water partition coefficient (Wildman–Crippen LogP) is -0.694. The minimum atomic E-state index is -0.558. The van der Waals surface area contributed by atoms with Gasteiger partial charge < -0.3 is 5.32 Å². The van der Waals surface area contributed by atoms with Crippen molar-refractivity contribution >= 4 is 0 Å². The molecule has 0 aliphatic rings. The molecule has 0 saturated heterocycles. The van der Waals surface area contributed by atoms with Gasteiger partial charge in [0, 0.05) is 6.54 Å². The van der Waals surface area contributed by atoms with Gasteiger partial charge in [0.2, 0.25) is 0 Å². The first-order valence-corrected chi connectivity index (χ1v) is 2.21. The largest absolute Gasteiger partial charge is 0.475 e. The second kappa shape index (κ2) is 4.32. The van der Waals surface area contributed by atoms with Crippen molar-refractivity contribution in [2.75, 3.05) is 20.2 Å². The van der Waals surface area contributed by atoms with Crippen molar-refractivity contribution in [1.82, 2.24) is 5.32 Å². The molecule has 8 heavy (non-hydrogen) atoms. The van der Waals surface area contributed by atoms with Gasteiger partial charge in [-0.05, 0) is 7.05 Å². The second-order valence-corrected chi connectivity index (χ2v) is 1.17. The third kappa shape index (κ3) is 5.16. The number of likely N-dealkylation sites (N-methyl/N-ethyl adjacent to an activating group) is 1. The third-order valence-electron chi connectivity index (χ3n) is 0.554. The molecule has 0 atom stereocenters. The quantitative estimate of drug-likeness (QED) is 0.381. The van der Waals surface area contributed by atoms with Crippen LogP contribution >= 0.6 is 0 Å². The summed E-state index contributed by atoms with van der Waals surface area (Å²) in [6.07, 6.45) is 0. The summed E-state index contributed by atoms with van der Waals surface area (Å²) in [6, 6.07) is 0. The first kappa shape index (κ1) is 7.16. The summed E-state index contributed by atoms with van der Waals surface area (Å²) in [5, 5.41) is 9.97. The summed E-state index contributed by atoms with van der Waals surface area (Å²) in [7, 11) is 1.72. The summed E-state index contributed by atoms with van der Waals surface area (Å²) in [4.78, 5) is 13.6. The molecule has 48 valence electrons. The van der Waals surface area contributed by atoms with Crippen LogP contribution in [0.5, 0.6) is 0 Å². The molecule has 5 heteroatoms. The van der Waals surface area contributed by atoms with Crippen molar-refractivity contribution in [3.63, 3.8) is 0 Å². The van der Waals surface area contributed by atoms with Crippen LogP contribution in [0.2, 0.25) is 0 Å². The Labute approximate surface area is 46.7 Å². The standard InChI is InChI=1S/C3H9N2O3/c1-4-2-3-8-5(6)7/h4H,2-3H2,1H3,(H,6,7)/q+1. The van der Waals surface area contributed by atoms with E-state index in [0.717, 1.165) is 0 Å². The fraction of sp³-hybridized carbons (Fsp3) is 1.00. The van der Waals surface area contributed by atoms with E-state index in [4.69, 9.17) is 5.21 Å². The molecule has 0 spiro atoms. The topological polar surface area (TPSA) is 61.6 Å². The zero-order valence-electron chi connectivity index (χ0n) is 4.63. The van der Waals surface area contributed by atoms with E-state index in [1.807, 2.05) is 0 Å². The maximum atomic E-state index is 9.54. The van der Waals surface area contributed by atoms with Crippen LogP contribution < -0.4 is 5.32 Å². The maximum Gasteiger partial charge on any atom is 0.475 e. The van der Waals surface area contributed by atoms with Crippen LogP contribution in [0.25, 0.3) is 0 Å². The van der Waals surface area contributed by atoms with Gasteiger partial charge in [-0.15, -0.1) is 0 Å². The minimum absolute atomic E-state index is 0.177. The Hall–Kier alpha value is -0.840. The Bertz CT molecular complexity index is 74.9. The Balaban J connectivity index is 2.82. The fourth-order valence-corrected chi connectivity index (χ4v) is 0.226. The van der Waals surface area contributed by atoms with E-state index < -0.39 is 5.09 Å². The van der Waals surface area contributed by atoms with E-state index in [-0.39, 0.29) is 6.61 Å². The smallest absolute Gasteiger partial charge is 0.316 e. The van der Waals surface area contributed by atoms with Gasteiger partial charge in [-0.25, -0.2) is 5.21 Å². The molecular formula is C3H9N2O3+. The minimum Gasteiger partial charge on any atom is -0.316 e. The molecule has 0 radical (unpaired) electrons. The monoisotopic (exact) mass is 121 g/mol. The van der Waals surface area contributed by atoms with Crippen molar-refractivity contribution in [3.05, 3.63) is 4.91 Å². The SMILES string of the molecule is CNCCO[N+](=O)O. The molecule has 0 aromatic heterocycles. The van der Waals surface area contributed by atoms with Crippen LogP contribution in [-0.4, -0.2) is 30.5 Å². The molecular weight excluding hydrogens is 112 g/mol. The van der Waals surface area contributed by atoms with Crippen molar-refractivity contribution in [2.45, 2.75) is 0 Å². The highest BCUT2D eigenvalue weighted by atomic mass is 16.9. The lowest BCUT2D eigenvalue weighted by Gasteiger charge is -1.87. The van der Waals surface area contributed by atoms with E-state index in [9.17, 15) is 4.91 Å². The average molecular weight is 121 g/mol. The van der Waals surface area contributed by atoms with Crippen molar-refractivity contribution < 1.29 is 15.1 Å². The van der Waals surface area contributed by atoms with Crippen LogP contribution in [0, 0.1) is 4.91 Å². The Morgan fingerprint density at radius 3 is 2.88 bits per heavy atom. The summed E-state index contributed by atoms with van der Waals surface area (Å²) < 4.78 is 0. The molecule has 0 aliphatic heterocycles. The lowest BCUT2D eigenvalue weighted by Crippen LogP contribution is -2.17. The van der Waals surface area contributed by atoms with Crippen molar-refractivity contribution in [2.24, 2.45) is 0 Å². The Morgan fingerprint density at radius 2 is 2.50 bits per heavy atom. The van der Waals surface area contributed by atoms with E-state index in [2.05, 4.69) is 10.2 Å². The van der Waals surface area contributed by atoms with Gasteiger partial charge in [-0.2, -0.15) is 4.84 Å². The molecule has 5 nitrogen and oxygen atoms in total. The zero-order valence-corrected chi connectivity index (χ0v) is 4.63. The fourth-order valence-electron chi connectivity index (χ4n) is 0.226. The number of hydrogen-bond donors (Lipinski definition) is 2. The van der Waals surface area contributed by atoms with Crippen molar-refractivity contribution in [3.8, 4) is 0 Å². The molecule has 0 saturated carbocycles.